The van der Waals surface area contributed by atoms with Gasteiger partial charge in [0.25, 0.3) is 0 Å². The second kappa shape index (κ2) is 8.66. The molecule has 2 aromatic heterocycles. The molecule has 0 spiro atoms. The SMILES string of the molecule is CC(C)(C)c1sc2ncnc(Oc3cccc(OC(F)(F)F)c3)c2c1-c1ccc(Cl)c(Cl)c1. The molecule has 0 saturated heterocycles. The van der Waals surface area contributed by atoms with Crippen molar-refractivity contribution in [3.8, 4) is 28.5 Å². The molecule has 172 valence electrons. The Morgan fingerprint density at radius 3 is 2.30 bits per heavy atom. The third kappa shape index (κ3) is 5.18. The van der Waals surface area contributed by atoms with E-state index in [0.29, 0.717) is 20.3 Å². The van der Waals surface area contributed by atoms with E-state index in [1.807, 2.05) is 6.07 Å². The zero-order chi connectivity index (χ0) is 24.0. The Kier molecular flexibility index (Phi) is 6.20. The Hall–Kier alpha value is -2.55. The van der Waals surface area contributed by atoms with Gasteiger partial charge in [0.1, 0.15) is 22.7 Å². The number of benzene rings is 2. The van der Waals surface area contributed by atoms with Crippen LogP contribution in [0.3, 0.4) is 0 Å². The van der Waals surface area contributed by atoms with Crippen molar-refractivity contribution < 1.29 is 22.6 Å². The van der Waals surface area contributed by atoms with Gasteiger partial charge in [-0.2, -0.15) is 0 Å². The second-order valence-electron chi connectivity index (χ2n) is 8.17. The molecular weight excluding hydrogens is 496 g/mol. The molecule has 0 atom stereocenters. The zero-order valence-corrected chi connectivity index (χ0v) is 20.0. The minimum Gasteiger partial charge on any atom is -0.438 e. The highest BCUT2D eigenvalue weighted by Crippen LogP contribution is 2.48. The number of halogens is 5. The van der Waals surface area contributed by atoms with E-state index in [9.17, 15) is 13.2 Å². The fourth-order valence-electron chi connectivity index (χ4n) is 3.29. The van der Waals surface area contributed by atoms with Crippen molar-refractivity contribution >= 4 is 44.8 Å². The highest BCUT2D eigenvalue weighted by atomic mass is 35.5. The summed E-state index contributed by atoms with van der Waals surface area (Å²) in [5.41, 5.74) is 1.39. The van der Waals surface area contributed by atoms with Gasteiger partial charge in [-0.15, -0.1) is 24.5 Å². The lowest BCUT2D eigenvalue weighted by Crippen LogP contribution is -2.17. The first-order valence-corrected chi connectivity index (χ1v) is 11.3. The molecule has 33 heavy (non-hydrogen) atoms. The summed E-state index contributed by atoms with van der Waals surface area (Å²) in [5, 5.41) is 1.45. The van der Waals surface area contributed by atoms with Gasteiger partial charge in [0.15, 0.2) is 0 Å². The van der Waals surface area contributed by atoms with Crippen LogP contribution in [0.25, 0.3) is 21.3 Å². The van der Waals surface area contributed by atoms with Gasteiger partial charge >= 0.3 is 6.36 Å². The standard InChI is InChI=1S/C23H17Cl2F3N2O2S/c1-22(2,3)19-17(12-7-8-15(24)16(25)9-12)18-20(29-11-30-21(18)33-19)31-13-5-4-6-14(10-13)32-23(26,27)28/h4-11H,1-3H3. The third-order valence-electron chi connectivity index (χ3n) is 4.60. The summed E-state index contributed by atoms with van der Waals surface area (Å²) in [6.45, 7) is 6.22. The molecule has 0 N–H and O–H groups in total. The van der Waals surface area contributed by atoms with Crippen molar-refractivity contribution in [1.82, 2.24) is 9.97 Å². The Balaban J connectivity index is 1.88. The smallest absolute Gasteiger partial charge is 0.438 e. The van der Waals surface area contributed by atoms with Crippen molar-refractivity contribution in [3.63, 3.8) is 0 Å². The Bertz CT molecular complexity index is 1330. The highest BCUT2D eigenvalue weighted by molar-refractivity contribution is 7.19. The average Bonchev–Trinajstić information content (AvgIpc) is 3.10. The van der Waals surface area contributed by atoms with Crippen molar-refractivity contribution in [2.45, 2.75) is 32.5 Å². The molecule has 2 aromatic carbocycles. The number of thiophene rings is 1. The monoisotopic (exact) mass is 512 g/mol. The van der Waals surface area contributed by atoms with Gasteiger partial charge < -0.3 is 9.47 Å². The minimum absolute atomic E-state index is 0.139. The Labute approximate surface area is 201 Å². The maximum absolute atomic E-state index is 12.6. The average molecular weight is 513 g/mol. The molecule has 4 aromatic rings. The van der Waals surface area contributed by atoms with Crippen LogP contribution in [-0.2, 0) is 5.41 Å². The summed E-state index contributed by atoms with van der Waals surface area (Å²) in [6, 6.07) is 10.6. The van der Waals surface area contributed by atoms with Gasteiger partial charge in [0, 0.05) is 16.5 Å². The molecule has 10 heteroatoms. The summed E-state index contributed by atoms with van der Waals surface area (Å²) in [4.78, 5) is 10.4. The molecular formula is C23H17Cl2F3N2O2S. The second-order valence-corrected chi connectivity index (χ2v) is 9.98. The van der Waals surface area contributed by atoms with Gasteiger partial charge in [0.2, 0.25) is 5.88 Å². The van der Waals surface area contributed by atoms with Crippen molar-refractivity contribution in [1.29, 1.82) is 0 Å². The molecule has 4 rings (SSSR count). The molecule has 0 unspecified atom stereocenters. The van der Waals surface area contributed by atoms with Crippen LogP contribution in [-0.4, -0.2) is 16.3 Å². The minimum atomic E-state index is -4.81. The molecule has 0 aliphatic rings. The predicted octanol–water partition coefficient (Wildman–Crippen LogP) is 8.65. The number of alkyl halides is 3. The molecule has 0 bridgehead atoms. The van der Waals surface area contributed by atoms with E-state index in [4.69, 9.17) is 27.9 Å². The third-order valence-corrected chi connectivity index (χ3v) is 6.86. The number of nitrogens with zero attached hydrogens (tertiary/aromatic N) is 2. The molecule has 0 aliphatic carbocycles. The van der Waals surface area contributed by atoms with Crippen LogP contribution in [0, 0.1) is 0 Å². The van der Waals surface area contributed by atoms with Gasteiger partial charge in [-0.25, -0.2) is 9.97 Å². The van der Waals surface area contributed by atoms with Gasteiger partial charge in [-0.3, -0.25) is 0 Å². The van der Waals surface area contributed by atoms with Crippen LogP contribution in [0.15, 0.2) is 48.8 Å². The number of fused-ring (bicyclic) bond motifs is 1. The van der Waals surface area contributed by atoms with Gasteiger partial charge in [-0.1, -0.05) is 56.1 Å². The van der Waals surface area contributed by atoms with Crippen LogP contribution < -0.4 is 9.47 Å². The van der Waals surface area contributed by atoms with Crippen molar-refractivity contribution in [2.24, 2.45) is 0 Å². The summed E-state index contributed by atoms with van der Waals surface area (Å²) in [7, 11) is 0. The van der Waals surface area contributed by atoms with Crippen LogP contribution in [0.1, 0.15) is 25.6 Å². The Morgan fingerprint density at radius 1 is 0.909 bits per heavy atom. The number of rotatable bonds is 4. The lowest BCUT2D eigenvalue weighted by Gasteiger charge is -2.19. The van der Waals surface area contributed by atoms with Crippen LogP contribution in [0.5, 0.6) is 17.4 Å². The quantitative estimate of drug-likeness (QED) is 0.274. The summed E-state index contributed by atoms with van der Waals surface area (Å²) < 4.78 is 47.8. The molecule has 0 amide bonds. The molecule has 0 radical (unpaired) electrons. The topological polar surface area (TPSA) is 44.2 Å². The normalized spacial score (nSPS) is 12.2. The maximum atomic E-state index is 12.6. The molecule has 0 fully saturated rings. The number of hydrogen-bond donors (Lipinski definition) is 0. The first-order chi connectivity index (χ1) is 15.4. The van der Waals surface area contributed by atoms with Crippen LogP contribution >= 0.6 is 34.5 Å². The molecule has 0 saturated carbocycles. The van der Waals surface area contributed by atoms with Crippen molar-refractivity contribution in [2.75, 3.05) is 0 Å². The highest BCUT2D eigenvalue weighted by Gasteiger charge is 2.31. The maximum Gasteiger partial charge on any atom is 0.573 e. The summed E-state index contributed by atoms with van der Waals surface area (Å²) >= 11 is 13.9. The van der Waals surface area contributed by atoms with Gasteiger partial charge in [-0.05, 0) is 35.2 Å². The summed E-state index contributed by atoms with van der Waals surface area (Å²) in [5.74, 6) is -0.0481. The van der Waals surface area contributed by atoms with Crippen LogP contribution in [0.4, 0.5) is 13.2 Å². The first-order valence-electron chi connectivity index (χ1n) is 9.69. The lowest BCUT2D eigenvalue weighted by atomic mass is 9.88. The largest absolute Gasteiger partial charge is 0.573 e. The zero-order valence-electron chi connectivity index (χ0n) is 17.6. The van der Waals surface area contributed by atoms with Gasteiger partial charge in [0.05, 0.1) is 15.4 Å². The fourth-order valence-corrected chi connectivity index (χ4v) is 4.80. The number of aromatic nitrogens is 2. The van der Waals surface area contributed by atoms with Crippen LogP contribution in [0.2, 0.25) is 10.0 Å². The molecule has 0 aliphatic heterocycles. The van der Waals surface area contributed by atoms with E-state index >= 15 is 0 Å². The lowest BCUT2D eigenvalue weighted by molar-refractivity contribution is -0.274. The van der Waals surface area contributed by atoms with E-state index in [2.05, 4.69) is 35.5 Å². The first kappa shape index (κ1) is 23.6. The molecule has 4 nitrogen and oxygen atoms in total. The number of ether oxygens (including phenoxy) is 2. The van der Waals surface area contributed by atoms with E-state index in [1.54, 1.807) is 12.1 Å². The predicted molar refractivity (Wildman–Crippen MR) is 125 cm³/mol. The summed E-state index contributed by atoms with van der Waals surface area (Å²) in [6.07, 6.45) is -3.45. The van der Waals surface area contributed by atoms with Crippen molar-refractivity contribution in [3.05, 3.63) is 63.7 Å². The van der Waals surface area contributed by atoms with E-state index in [-0.39, 0.29) is 17.0 Å². The van der Waals surface area contributed by atoms with E-state index < -0.39 is 12.1 Å². The van der Waals surface area contributed by atoms with E-state index in [1.165, 1.54) is 35.9 Å². The fraction of sp³-hybridized carbons (Fsp3) is 0.217. The Morgan fingerprint density at radius 2 is 1.64 bits per heavy atom. The van der Waals surface area contributed by atoms with E-state index in [0.717, 1.165) is 22.1 Å². The number of hydrogen-bond acceptors (Lipinski definition) is 5. The molecule has 2 heterocycles.